The molecule has 0 saturated carbocycles. The van der Waals surface area contributed by atoms with E-state index in [4.69, 9.17) is 9.47 Å². The summed E-state index contributed by atoms with van der Waals surface area (Å²) in [5, 5.41) is 0. The SMILES string of the molecule is COc1ccccc1C(=O)N(CCN1CCOCC1)Cc1cccc(F)c1. The zero-order chi connectivity index (χ0) is 19.1. The Labute approximate surface area is 159 Å². The minimum atomic E-state index is -0.301. The number of benzene rings is 2. The van der Waals surface area contributed by atoms with Crippen LogP contribution in [0.4, 0.5) is 4.39 Å². The first-order valence-electron chi connectivity index (χ1n) is 9.14. The zero-order valence-electron chi connectivity index (χ0n) is 15.6. The molecule has 0 aromatic heterocycles. The third-order valence-electron chi connectivity index (χ3n) is 4.68. The van der Waals surface area contributed by atoms with Gasteiger partial charge in [0, 0.05) is 32.7 Å². The van der Waals surface area contributed by atoms with Crippen molar-refractivity contribution in [3.8, 4) is 5.75 Å². The number of carbonyl (C=O) groups excluding carboxylic acids is 1. The number of rotatable bonds is 7. The minimum absolute atomic E-state index is 0.120. The van der Waals surface area contributed by atoms with Crippen LogP contribution in [0.3, 0.4) is 0 Å². The third-order valence-corrected chi connectivity index (χ3v) is 4.68. The molecule has 1 saturated heterocycles. The van der Waals surface area contributed by atoms with E-state index >= 15 is 0 Å². The molecule has 0 N–H and O–H groups in total. The quantitative estimate of drug-likeness (QED) is 0.750. The minimum Gasteiger partial charge on any atom is -0.496 e. The van der Waals surface area contributed by atoms with Gasteiger partial charge in [0.05, 0.1) is 25.9 Å². The van der Waals surface area contributed by atoms with Crippen LogP contribution in [0.15, 0.2) is 48.5 Å². The second-order valence-electron chi connectivity index (χ2n) is 6.51. The molecule has 0 unspecified atom stereocenters. The van der Waals surface area contributed by atoms with Gasteiger partial charge in [0.1, 0.15) is 11.6 Å². The molecule has 5 nitrogen and oxygen atoms in total. The van der Waals surface area contributed by atoms with Crippen molar-refractivity contribution in [3.05, 3.63) is 65.5 Å². The summed E-state index contributed by atoms with van der Waals surface area (Å²) in [5.41, 5.74) is 1.28. The van der Waals surface area contributed by atoms with E-state index in [2.05, 4.69) is 4.90 Å². The lowest BCUT2D eigenvalue weighted by atomic mass is 10.1. The molecular formula is C21H25FN2O3. The van der Waals surface area contributed by atoms with Gasteiger partial charge in [-0.3, -0.25) is 9.69 Å². The molecule has 0 radical (unpaired) electrons. The highest BCUT2D eigenvalue weighted by Crippen LogP contribution is 2.20. The molecule has 2 aromatic rings. The monoisotopic (exact) mass is 372 g/mol. The number of methoxy groups -OCH3 is 1. The molecule has 1 aliphatic rings. The van der Waals surface area contributed by atoms with Gasteiger partial charge in [-0.1, -0.05) is 24.3 Å². The highest BCUT2D eigenvalue weighted by Gasteiger charge is 2.21. The Morgan fingerprint density at radius 2 is 1.96 bits per heavy atom. The molecule has 0 aliphatic carbocycles. The van der Waals surface area contributed by atoms with E-state index in [9.17, 15) is 9.18 Å². The van der Waals surface area contributed by atoms with Gasteiger partial charge in [-0.05, 0) is 29.8 Å². The van der Waals surface area contributed by atoms with E-state index in [0.717, 1.165) is 25.2 Å². The van der Waals surface area contributed by atoms with Crippen LogP contribution in [0.5, 0.6) is 5.75 Å². The fourth-order valence-electron chi connectivity index (χ4n) is 3.19. The van der Waals surface area contributed by atoms with Crippen LogP contribution in [0.2, 0.25) is 0 Å². The van der Waals surface area contributed by atoms with Gasteiger partial charge < -0.3 is 14.4 Å². The fourth-order valence-corrected chi connectivity index (χ4v) is 3.19. The van der Waals surface area contributed by atoms with Crippen molar-refractivity contribution in [3.63, 3.8) is 0 Å². The number of hydrogen-bond acceptors (Lipinski definition) is 4. The second-order valence-corrected chi connectivity index (χ2v) is 6.51. The van der Waals surface area contributed by atoms with Crippen LogP contribution in [0.25, 0.3) is 0 Å². The highest BCUT2D eigenvalue weighted by molar-refractivity contribution is 5.96. The number of nitrogens with zero attached hydrogens (tertiary/aromatic N) is 2. The smallest absolute Gasteiger partial charge is 0.257 e. The Morgan fingerprint density at radius 3 is 2.70 bits per heavy atom. The fraction of sp³-hybridized carbons (Fsp3) is 0.381. The lowest BCUT2D eigenvalue weighted by Crippen LogP contribution is -2.43. The summed E-state index contributed by atoms with van der Waals surface area (Å²) in [4.78, 5) is 17.2. The van der Waals surface area contributed by atoms with Crippen molar-refractivity contribution >= 4 is 5.91 Å². The Bertz CT molecular complexity index is 763. The van der Waals surface area contributed by atoms with Crippen molar-refractivity contribution in [2.75, 3.05) is 46.5 Å². The molecular weight excluding hydrogens is 347 g/mol. The summed E-state index contributed by atoms with van der Waals surface area (Å²) in [7, 11) is 1.55. The first kappa shape index (κ1) is 19.3. The summed E-state index contributed by atoms with van der Waals surface area (Å²) < 4.78 is 24.3. The summed E-state index contributed by atoms with van der Waals surface area (Å²) in [6, 6.07) is 13.6. The molecule has 144 valence electrons. The van der Waals surface area contributed by atoms with Gasteiger partial charge >= 0.3 is 0 Å². The highest BCUT2D eigenvalue weighted by atomic mass is 19.1. The van der Waals surface area contributed by atoms with Crippen LogP contribution < -0.4 is 4.74 Å². The molecule has 27 heavy (non-hydrogen) atoms. The van der Waals surface area contributed by atoms with Crippen LogP contribution in [-0.2, 0) is 11.3 Å². The van der Waals surface area contributed by atoms with E-state index in [-0.39, 0.29) is 11.7 Å². The van der Waals surface area contributed by atoms with Gasteiger partial charge in [0.25, 0.3) is 5.91 Å². The van der Waals surface area contributed by atoms with Crippen LogP contribution >= 0.6 is 0 Å². The average molecular weight is 372 g/mol. The molecule has 0 spiro atoms. The summed E-state index contributed by atoms with van der Waals surface area (Å²) in [6.07, 6.45) is 0. The molecule has 1 fully saturated rings. The standard InChI is InChI=1S/C21H25FN2O3/c1-26-20-8-3-2-7-19(20)21(25)24(10-9-23-11-13-27-14-12-23)16-17-5-4-6-18(22)15-17/h2-8,15H,9-14,16H2,1H3. The molecule has 6 heteroatoms. The summed E-state index contributed by atoms with van der Waals surface area (Å²) in [5.74, 6) is 0.119. The summed E-state index contributed by atoms with van der Waals surface area (Å²) >= 11 is 0. The maximum atomic E-state index is 13.6. The Morgan fingerprint density at radius 1 is 1.19 bits per heavy atom. The number of halogens is 1. The van der Waals surface area contributed by atoms with Crippen LogP contribution in [0, 0.1) is 5.82 Å². The number of amides is 1. The topological polar surface area (TPSA) is 42.0 Å². The molecule has 0 bridgehead atoms. The van der Waals surface area contributed by atoms with E-state index in [1.54, 1.807) is 30.2 Å². The average Bonchev–Trinajstić information content (AvgIpc) is 2.71. The number of carbonyl (C=O) groups is 1. The number of hydrogen-bond donors (Lipinski definition) is 0. The van der Waals surface area contributed by atoms with E-state index < -0.39 is 0 Å². The number of morpholine rings is 1. The lowest BCUT2D eigenvalue weighted by molar-refractivity contribution is 0.0320. The molecule has 3 rings (SSSR count). The first-order chi connectivity index (χ1) is 13.2. The maximum absolute atomic E-state index is 13.6. The van der Waals surface area contributed by atoms with E-state index in [1.165, 1.54) is 12.1 Å². The summed E-state index contributed by atoms with van der Waals surface area (Å²) in [6.45, 7) is 4.79. The Kier molecular flexibility index (Phi) is 6.79. The predicted molar refractivity (Wildman–Crippen MR) is 101 cm³/mol. The normalized spacial score (nSPS) is 14.7. The van der Waals surface area contributed by atoms with Crippen LogP contribution in [-0.4, -0.2) is 62.2 Å². The first-order valence-corrected chi connectivity index (χ1v) is 9.14. The largest absolute Gasteiger partial charge is 0.496 e. The Balaban J connectivity index is 1.78. The predicted octanol–water partition coefficient (Wildman–Crippen LogP) is 2.81. The molecule has 1 amide bonds. The number of ether oxygens (including phenoxy) is 2. The maximum Gasteiger partial charge on any atom is 0.257 e. The molecule has 1 aliphatic heterocycles. The second kappa shape index (κ2) is 9.48. The van der Waals surface area contributed by atoms with Gasteiger partial charge in [-0.2, -0.15) is 0 Å². The third kappa shape index (κ3) is 5.28. The van der Waals surface area contributed by atoms with Gasteiger partial charge in [0.2, 0.25) is 0 Å². The van der Waals surface area contributed by atoms with Gasteiger partial charge in [-0.15, -0.1) is 0 Å². The van der Waals surface area contributed by atoms with E-state index in [1.807, 2.05) is 18.2 Å². The van der Waals surface area contributed by atoms with Gasteiger partial charge in [-0.25, -0.2) is 4.39 Å². The van der Waals surface area contributed by atoms with Crippen molar-refractivity contribution in [1.82, 2.24) is 9.80 Å². The van der Waals surface area contributed by atoms with Crippen LogP contribution in [0.1, 0.15) is 15.9 Å². The number of para-hydroxylation sites is 1. The van der Waals surface area contributed by atoms with E-state index in [0.29, 0.717) is 37.6 Å². The molecule has 2 aromatic carbocycles. The van der Waals surface area contributed by atoms with Crippen molar-refractivity contribution in [2.24, 2.45) is 0 Å². The Hall–Kier alpha value is -2.44. The van der Waals surface area contributed by atoms with Crippen molar-refractivity contribution < 1.29 is 18.7 Å². The zero-order valence-corrected chi connectivity index (χ0v) is 15.6. The van der Waals surface area contributed by atoms with Crippen molar-refractivity contribution in [1.29, 1.82) is 0 Å². The van der Waals surface area contributed by atoms with Gasteiger partial charge in [0.15, 0.2) is 0 Å². The molecule has 1 heterocycles. The molecule has 0 atom stereocenters. The van der Waals surface area contributed by atoms with Crippen molar-refractivity contribution in [2.45, 2.75) is 6.54 Å². The lowest BCUT2D eigenvalue weighted by Gasteiger charge is -2.30.